The number of rotatable bonds is 10. The molecule has 142 valence electrons. The quantitative estimate of drug-likeness (QED) is 0.587. The molecule has 0 spiro atoms. The summed E-state index contributed by atoms with van der Waals surface area (Å²) in [4.78, 5) is 12.7. The molecule has 0 fully saturated rings. The molecule has 0 saturated carbocycles. The van der Waals surface area contributed by atoms with Crippen LogP contribution < -0.4 is 15.4 Å². The second-order valence-electron chi connectivity index (χ2n) is 6.82. The molecule has 6 nitrogen and oxygen atoms in total. The van der Waals surface area contributed by atoms with E-state index in [2.05, 4.69) is 15.4 Å². The van der Waals surface area contributed by atoms with Crippen LogP contribution >= 0.6 is 0 Å². The van der Waals surface area contributed by atoms with Gasteiger partial charge in [-0.1, -0.05) is 38.5 Å². The van der Waals surface area contributed by atoms with Crippen molar-refractivity contribution in [3.63, 3.8) is 0 Å². The largest absolute Gasteiger partial charge is 0.353 e. The van der Waals surface area contributed by atoms with Crippen molar-refractivity contribution >= 4 is 15.9 Å². The highest BCUT2D eigenvalue weighted by atomic mass is 32.2. The third-order valence-corrected chi connectivity index (χ3v) is 5.27. The van der Waals surface area contributed by atoms with Crippen molar-refractivity contribution in [3.8, 4) is 0 Å². The van der Waals surface area contributed by atoms with Gasteiger partial charge in [0.25, 0.3) is 0 Å². The van der Waals surface area contributed by atoms with Crippen LogP contribution in [0, 0.1) is 12.8 Å². The van der Waals surface area contributed by atoms with Crippen LogP contribution in [-0.4, -0.2) is 39.5 Å². The molecule has 1 rings (SSSR count). The van der Waals surface area contributed by atoms with Gasteiger partial charge in [-0.05, 0) is 44.9 Å². The number of sulfonamides is 1. The number of nitrogens with one attached hydrogen (secondary N) is 3. The lowest BCUT2D eigenvalue weighted by Crippen LogP contribution is -2.49. The van der Waals surface area contributed by atoms with Gasteiger partial charge in [-0.25, -0.2) is 8.42 Å². The third kappa shape index (κ3) is 7.54. The van der Waals surface area contributed by atoms with Crippen molar-refractivity contribution in [2.24, 2.45) is 5.92 Å². The van der Waals surface area contributed by atoms with Gasteiger partial charge in [0, 0.05) is 12.6 Å². The summed E-state index contributed by atoms with van der Waals surface area (Å²) in [5.41, 5.74) is 0.979. The first-order chi connectivity index (χ1) is 11.7. The minimum atomic E-state index is -3.74. The van der Waals surface area contributed by atoms with Crippen LogP contribution in [-0.2, 0) is 14.8 Å². The Kier molecular flexibility index (Phi) is 8.55. The molecule has 0 bridgehead atoms. The van der Waals surface area contributed by atoms with Crippen LogP contribution in [0.1, 0.15) is 39.7 Å². The zero-order valence-corrected chi connectivity index (χ0v) is 16.6. The van der Waals surface area contributed by atoms with Crippen LogP contribution in [0.3, 0.4) is 0 Å². The highest BCUT2D eigenvalue weighted by Gasteiger charge is 2.26. The molecule has 1 amide bonds. The number of aryl methyl sites for hydroxylation is 1. The Labute approximate surface area is 151 Å². The number of amides is 1. The van der Waals surface area contributed by atoms with Gasteiger partial charge in [0.2, 0.25) is 15.9 Å². The van der Waals surface area contributed by atoms with Crippen molar-refractivity contribution in [2.45, 2.75) is 58.0 Å². The molecule has 1 unspecified atom stereocenters. The molecule has 0 saturated heterocycles. The SMILES string of the molecule is CCN[C@H](C)CNC(=O)C(CC(C)C)NS(=O)(=O)c1ccc(C)cc1. The second kappa shape index (κ2) is 9.89. The molecule has 7 heteroatoms. The van der Waals surface area contributed by atoms with Crippen molar-refractivity contribution in [2.75, 3.05) is 13.1 Å². The molecule has 1 aromatic carbocycles. The molecule has 2 atom stereocenters. The summed E-state index contributed by atoms with van der Waals surface area (Å²) in [6.45, 7) is 11.0. The molecule has 3 N–H and O–H groups in total. The average molecular weight is 370 g/mol. The van der Waals surface area contributed by atoms with E-state index < -0.39 is 16.1 Å². The first kappa shape index (κ1) is 21.6. The number of hydrogen-bond acceptors (Lipinski definition) is 4. The van der Waals surface area contributed by atoms with Crippen molar-refractivity contribution in [1.82, 2.24) is 15.4 Å². The summed E-state index contributed by atoms with van der Waals surface area (Å²) in [6, 6.07) is 5.92. The van der Waals surface area contributed by atoms with Crippen LogP contribution in [0.4, 0.5) is 0 Å². The molecule has 0 radical (unpaired) electrons. The van der Waals surface area contributed by atoms with Crippen molar-refractivity contribution in [3.05, 3.63) is 29.8 Å². The summed E-state index contributed by atoms with van der Waals surface area (Å²) in [7, 11) is -3.74. The summed E-state index contributed by atoms with van der Waals surface area (Å²) in [6.07, 6.45) is 0.437. The fourth-order valence-electron chi connectivity index (χ4n) is 2.45. The van der Waals surface area contributed by atoms with Crippen molar-refractivity contribution < 1.29 is 13.2 Å². The van der Waals surface area contributed by atoms with E-state index >= 15 is 0 Å². The fraction of sp³-hybridized carbons (Fsp3) is 0.611. The lowest BCUT2D eigenvalue weighted by Gasteiger charge is -2.21. The van der Waals surface area contributed by atoms with Gasteiger partial charge in [-0.15, -0.1) is 0 Å². The van der Waals surface area contributed by atoms with E-state index in [0.29, 0.717) is 13.0 Å². The number of carbonyl (C=O) groups is 1. The molecular formula is C18H31N3O3S. The Bertz CT molecular complexity index is 642. The van der Waals surface area contributed by atoms with E-state index in [0.717, 1.165) is 12.1 Å². The van der Waals surface area contributed by atoms with Crippen LogP contribution in [0.5, 0.6) is 0 Å². The Morgan fingerprint density at radius 1 is 1.12 bits per heavy atom. The Balaban J connectivity index is 2.84. The molecule has 1 aromatic rings. The first-order valence-corrected chi connectivity index (χ1v) is 10.2. The topological polar surface area (TPSA) is 87.3 Å². The first-order valence-electron chi connectivity index (χ1n) is 8.75. The van der Waals surface area contributed by atoms with Crippen LogP contribution in [0.2, 0.25) is 0 Å². The molecule has 0 heterocycles. The monoisotopic (exact) mass is 369 g/mol. The van der Waals surface area contributed by atoms with Gasteiger partial charge in [-0.3, -0.25) is 4.79 Å². The smallest absolute Gasteiger partial charge is 0.241 e. The number of carbonyl (C=O) groups excluding carboxylic acids is 1. The predicted molar refractivity (Wildman–Crippen MR) is 101 cm³/mol. The summed E-state index contributed by atoms with van der Waals surface area (Å²) < 4.78 is 27.7. The molecule has 0 aliphatic heterocycles. The van der Waals surface area contributed by atoms with Gasteiger partial charge in [-0.2, -0.15) is 4.72 Å². The van der Waals surface area contributed by atoms with Gasteiger partial charge in [0.05, 0.1) is 4.90 Å². The maximum absolute atomic E-state index is 12.6. The lowest BCUT2D eigenvalue weighted by molar-refractivity contribution is -0.123. The Hall–Kier alpha value is -1.44. The highest BCUT2D eigenvalue weighted by molar-refractivity contribution is 7.89. The van der Waals surface area contributed by atoms with Gasteiger partial charge < -0.3 is 10.6 Å². The van der Waals surface area contributed by atoms with E-state index in [4.69, 9.17) is 0 Å². The van der Waals surface area contributed by atoms with Crippen molar-refractivity contribution in [1.29, 1.82) is 0 Å². The second-order valence-corrected chi connectivity index (χ2v) is 8.53. The average Bonchev–Trinajstić information content (AvgIpc) is 2.52. The molecule has 0 aliphatic rings. The maximum atomic E-state index is 12.6. The fourth-order valence-corrected chi connectivity index (χ4v) is 3.66. The lowest BCUT2D eigenvalue weighted by atomic mass is 10.0. The normalized spacial score (nSPS) is 14.3. The molecule has 0 aliphatic carbocycles. The third-order valence-electron chi connectivity index (χ3n) is 3.79. The maximum Gasteiger partial charge on any atom is 0.241 e. The van der Waals surface area contributed by atoms with Gasteiger partial charge >= 0.3 is 0 Å². The summed E-state index contributed by atoms with van der Waals surface area (Å²) in [5.74, 6) is -0.114. The molecule has 0 aromatic heterocycles. The van der Waals surface area contributed by atoms with E-state index in [1.165, 1.54) is 0 Å². The molecule has 25 heavy (non-hydrogen) atoms. The summed E-state index contributed by atoms with van der Waals surface area (Å²) in [5, 5.41) is 6.03. The zero-order valence-electron chi connectivity index (χ0n) is 15.8. The van der Waals surface area contributed by atoms with Gasteiger partial charge in [0.1, 0.15) is 6.04 Å². The van der Waals surface area contributed by atoms with E-state index in [1.54, 1.807) is 24.3 Å². The van der Waals surface area contributed by atoms with E-state index in [9.17, 15) is 13.2 Å². The summed E-state index contributed by atoms with van der Waals surface area (Å²) >= 11 is 0. The minimum Gasteiger partial charge on any atom is -0.353 e. The minimum absolute atomic E-state index is 0.127. The molecular weight excluding hydrogens is 338 g/mol. The number of hydrogen-bond donors (Lipinski definition) is 3. The number of likely N-dealkylation sites (N-methyl/N-ethyl adjacent to an activating group) is 1. The zero-order chi connectivity index (χ0) is 19.0. The number of benzene rings is 1. The van der Waals surface area contributed by atoms with Crippen LogP contribution in [0.15, 0.2) is 29.2 Å². The van der Waals surface area contributed by atoms with E-state index in [1.807, 2.05) is 34.6 Å². The Morgan fingerprint density at radius 3 is 2.24 bits per heavy atom. The predicted octanol–water partition coefficient (Wildman–Crippen LogP) is 1.80. The Morgan fingerprint density at radius 2 is 1.72 bits per heavy atom. The van der Waals surface area contributed by atoms with Gasteiger partial charge in [0.15, 0.2) is 0 Å². The standard InChI is InChI=1S/C18H31N3O3S/c1-6-19-15(5)12-20-18(22)17(11-13(2)3)21-25(23,24)16-9-7-14(4)8-10-16/h7-10,13,15,17,19,21H,6,11-12H2,1-5H3,(H,20,22)/t15-,17?/m1/s1. The van der Waals surface area contributed by atoms with Crippen LogP contribution in [0.25, 0.3) is 0 Å². The highest BCUT2D eigenvalue weighted by Crippen LogP contribution is 2.13. The van der Waals surface area contributed by atoms with E-state index in [-0.39, 0.29) is 22.8 Å².